The quantitative estimate of drug-likeness (QED) is 0.627. The number of hydrogen-bond acceptors (Lipinski definition) is 4. The van der Waals surface area contributed by atoms with Crippen molar-refractivity contribution >= 4 is 34.2 Å². The molecule has 3 aromatic rings. The SMILES string of the molecule is Cc1cc(N[C@H]2CC[C@@H](NC(=O)c3ccc(Cl)nc3)CC2)nc2ccccc12. The van der Waals surface area contributed by atoms with E-state index in [1.54, 1.807) is 12.1 Å². The minimum absolute atomic E-state index is 0.0904. The number of nitrogens with zero attached hydrogens (tertiary/aromatic N) is 2. The molecule has 0 spiro atoms. The van der Waals surface area contributed by atoms with E-state index in [9.17, 15) is 4.79 Å². The van der Waals surface area contributed by atoms with Crippen LogP contribution in [-0.4, -0.2) is 28.0 Å². The summed E-state index contributed by atoms with van der Waals surface area (Å²) in [5.41, 5.74) is 2.79. The molecule has 1 fully saturated rings. The molecule has 2 heterocycles. The smallest absolute Gasteiger partial charge is 0.253 e. The number of carbonyl (C=O) groups is 1. The van der Waals surface area contributed by atoms with Gasteiger partial charge in [0.1, 0.15) is 11.0 Å². The lowest BCUT2D eigenvalue weighted by atomic mass is 9.91. The Hall–Kier alpha value is -2.66. The van der Waals surface area contributed by atoms with Gasteiger partial charge in [0, 0.05) is 23.7 Å². The zero-order valence-electron chi connectivity index (χ0n) is 15.8. The summed E-state index contributed by atoms with van der Waals surface area (Å²) in [5.74, 6) is 0.836. The summed E-state index contributed by atoms with van der Waals surface area (Å²) >= 11 is 5.78. The highest BCUT2D eigenvalue weighted by molar-refractivity contribution is 6.29. The van der Waals surface area contributed by atoms with Crippen molar-refractivity contribution in [3.8, 4) is 0 Å². The first-order chi connectivity index (χ1) is 13.6. The van der Waals surface area contributed by atoms with Crippen LogP contribution in [0, 0.1) is 6.92 Å². The number of anilines is 1. The summed E-state index contributed by atoms with van der Waals surface area (Å²) in [7, 11) is 0. The number of rotatable bonds is 4. The molecule has 0 atom stereocenters. The standard InChI is InChI=1S/C22H23ClN4O/c1-14-12-21(27-19-5-3-2-4-18(14)19)25-16-7-9-17(10-8-16)26-22(28)15-6-11-20(23)24-13-15/h2-6,11-13,16-17H,7-10H2,1H3,(H,25,27)(H,26,28)/t16-,17+. The Bertz CT molecular complexity index is 981. The number of halogens is 1. The fraction of sp³-hybridized carbons (Fsp3) is 0.318. The molecule has 1 amide bonds. The molecular weight excluding hydrogens is 372 g/mol. The first-order valence-corrected chi connectivity index (χ1v) is 10.0. The third kappa shape index (κ3) is 4.25. The number of nitrogens with one attached hydrogen (secondary N) is 2. The van der Waals surface area contributed by atoms with Gasteiger partial charge in [-0.25, -0.2) is 9.97 Å². The Labute approximate surface area is 169 Å². The molecule has 0 bridgehead atoms. The third-order valence-electron chi connectivity index (χ3n) is 5.33. The second-order valence-corrected chi connectivity index (χ2v) is 7.76. The summed E-state index contributed by atoms with van der Waals surface area (Å²) in [4.78, 5) is 21.1. The fourth-order valence-electron chi connectivity index (χ4n) is 3.79. The van der Waals surface area contributed by atoms with Crippen molar-refractivity contribution in [2.24, 2.45) is 0 Å². The van der Waals surface area contributed by atoms with Crippen molar-refractivity contribution in [3.05, 3.63) is 64.9 Å². The highest BCUT2D eigenvalue weighted by Gasteiger charge is 2.23. The van der Waals surface area contributed by atoms with E-state index in [0.29, 0.717) is 16.8 Å². The van der Waals surface area contributed by atoms with Crippen molar-refractivity contribution in [1.29, 1.82) is 0 Å². The number of hydrogen-bond donors (Lipinski definition) is 2. The lowest BCUT2D eigenvalue weighted by molar-refractivity contribution is 0.0926. The summed E-state index contributed by atoms with van der Waals surface area (Å²) in [6.45, 7) is 2.12. The van der Waals surface area contributed by atoms with Gasteiger partial charge in [-0.05, 0) is 62.4 Å². The molecule has 0 aliphatic heterocycles. The zero-order valence-corrected chi connectivity index (χ0v) is 16.5. The molecular formula is C22H23ClN4O. The van der Waals surface area contributed by atoms with Crippen LogP contribution in [0.2, 0.25) is 5.15 Å². The van der Waals surface area contributed by atoms with Crippen molar-refractivity contribution in [2.75, 3.05) is 5.32 Å². The Morgan fingerprint density at radius 3 is 2.57 bits per heavy atom. The van der Waals surface area contributed by atoms with Gasteiger partial charge in [-0.1, -0.05) is 29.8 Å². The first kappa shape index (κ1) is 18.7. The van der Waals surface area contributed by atoms with Crippen LogP contribution in [0.25, 0.3) is 10.9 Å². The molecule has 28 heavy (non-hydrogen) atoms. The maximum atomic E-state index is 12.3. The summed E-state index contributed by atoms with van der Waals surface area (Å²) in [5, 5.41) is 8.26. The zero-order chi connectivity index (χ0) is 19.5. The molecule has 5 nitrogen and oxygen atoms in total. The predicted octanol–water partition coefficient (Wildman–Crippen LogP) is 4.74. The van der Waals surface area contributed by atoms with E-state index >= 15 is 0 Å². The normalized spacial score (nSPS) is 19.4. The molecule has 1 aliphatic rings. The molecule has 1 aromatic carbocycles. The fourth-order valence-corrected chi connectivity index (χ4v) is 3.91. The Morgan fingerprint density at radius 1 is 1.07 bits per heavy atom. The predicted molar refractivity (Wildman–Crippen MR) is 113 cm³/mol. The van der Waals surface area contributed by atoms with Crippen LogP contribution >= 0.6 is 11.6 Å². The van der Waals surface area contributed by atoms with Crippen LogP contribution in [0.3, 0.4) is 0 Å². The number of fused-ring (bicyclic) bond motifs is 1. The van der Waals surface area contributed by atoms with Crippen molar-refractivity contribution in [2.45, 2.75) is 44.7 Å². The number of pyridine rings is 2. The van der Waals surface area contributed by atoms with Gasteiger partial charge in [-0.15, -0.1) is 0 Å². The highest BCUT2D eigenvalue weighted by Crippen LogP contribution is 2.25. The number of para-hydroxylation sites is 1. The van der Waals surface area contributed by atoms with Crippen LogP contribution in [0.1, 0.15) is 41.6 Å². The van der Waals surface area contributed by atoms with Crippen molar-refractivity contribution in [3.63, 3.8) is 0 Å². The van der Waals surface area contributed by atoms with Gasteiger partial charge in [-0.3, -0.25) is 4.79 Å². The summed E-state index contributed by atoms with van der Waals surface area (Å²) in [6.07, 6.45) is 5.39. The van der Waals surface area contributed by atoms with Gasteiger partial charge in [0.25, 0.3) is 5.91 Å². The number of aromatic nitrogens is 2. The average molecular weight is 395 g/mol. The van der Waals surface area contributed by atoms with Crippen LogP contribution < -0.4 is 10.6 Å². The lowest BCUT2D eigenvalue weighted by Crippen LogP contribution is -2.40. The topological polar surface area (TPSA) is 66.9 Å². The Morgan fingerprint density at radius 2 is 1.82 bits per heavy atom. The van der Waals surface area contributed by atoms with E-state index in [0.717, 1.165) is 37.0 Å². The molecule has 6 heteroatoms. The van der Waals surface area contributed by atoms with E-state index in [1.165, 1.54) is 17.1 Å². The van der Waals surface area contributed by atoms with E-state index in [4.69, 9.17) is 16.6 Å². The minimum atomic E-state index is -0.0904. The second kappa shape index (κ2) is 8.15. The van der Waals surface area contributed by atoms with Crippen LogP contribution in [0.15, 0.2) is 48.7 Å². The molecule has 2 aromatic heterocycles. The Kier molecular flexibility index (Phi) is 5.44. The lowest BCUT2D eigenvalue weighted by Gasteiger charge is -2.30. The molecule has 0 radical (unpaired) electrons. The van der Waals surface area contributed by atoms with Crippen LogP contribution in [0.4, 0.5) is 5.82 Å². The van der Waals surface area contributed by atoms with Gasteiger partial charge in [-0.2, -0.15) is 0 Å². The van der Waals surface area contributed by atoms with E-state index < -0.39 is 0 Å². The largest absolute Gasteiger partial charge is 0.367 e. The summed E-state index contributed by atoms with van der Waals surface area (Å²) < 4.78 is 0. The minimum Gasteiger partial charge on any atom is -0.367 e. The van der Waals surface area contributed by atoms with Crippen molar-refractivity contribution in [1.82, 2.24) is 15.3 Å². The van der Waals surface area contributed by atoms with Gasteiger partial charge < -0.3 is 10.6 Å². The van der Waals surface area contributed by atoms with E-state index in [2.05, 4.69) is 34.7 Å². The molecule has 0 unspecified atom stereocenters. The summed E-state index contributed by atoms with van der Waals surface area (Å²) in [6, 6.07) is 14.2. The first-order valence-electron chi connectivity index (χ1n) is 9.64. The molecule has 0 saturated heterocycles. The molecule has 144 valence electrons. The van der Waals surface area contributed by atoms with Gasteiger partial charge in [0.2, 0.25) is 0 Å². The Balaban J connectivity index is 1.33. The number of benzene rings is 1. The monoisotopic (exact) mass is 394 g/mol. The van der Waals surface area contributed by atoms with E-state index in [-0.39, 0.29) is 11.9 Å². The van der Waals surface area contributed by atoms with Crippen molar-refractivity contribution < 1.29 is 4.79 Å². The van der Waals surface area contributed by atoms with Gasteiger partial charge in [0.05, 0.1) is 11.1 Å². The maximum absolute atomic E-state index is 12.3. The highest BCUT2D eigenvalue weighted by atomic mass is 35.5. The van der Waals surface area contributed by atoms with Gasteiger partial charge in [0.15, 0.2) is 0 Å². The molecule has 2 N–H and O–H groups in total. The maximum Gasteiger partial charge on any atom is 0.253 e. The number of aryl methyl sites for hydroxylation is 1. The molecule has 4 rings (SSSR count). The second-order valence-electron chi connectivity index (χ2n) is 7.38. The molecule has 1 saturated carbocycles. The van der Waals surface area contributed by atoms with E-state index in [1.807, 2.05) is 18.2 Å². The number of amides is 1. The third-order valence-corrected chi connectivity index (χ3v) is 5.55. The average Bonchev–Trinajstić information content (AvgIpc) is 2.70. The van der Waals surface area contributed by atoms with Gasteiger partial charge >= 0.3 is 0 Å². The van der Waals surface area contributed by atoms with Crippen LogP contribution in [0.5, 0.6) is 0 Å². The number of carbonyl (C=O) groups excluding carboxylic acids is 1. The molecule has 1 aliphatic carbocycles. The van der Waals surface area contributed by atoms with Crippen LogP contribution in [-0.2, 0) is 0 Å².